The zero-order valence-corrected chi connectivity index (χ0v) is 8.12. The van der Waals surface area contributed by atoms with Crippen molar-refractivity contribution in [3.8, 4) is 0 Å². The second kappa shape index (κ2) is 2.57. The number of carboxylic acids is 1. The summed E-state index contributed by atoms with van der Waals surface area (Å²) in [6.07, 6.45) is 5.75. The van der Waals surface area contributed by atoms with Crippen molar-refractivity contribution in [3.05, 3.63) is 23.0 Å². The van der Waals surface area contributed by atoms with Gasteiger partial charge in [-0.3, -0.25) is 4.40 Å². The lowest BCUT2D eigenvalue weighted by atomic mass is 10.2. The van der Waals surface area contributed by atoms with Crippen molar-refractivity contribution in [3.63, 3.8) is 0 Å². The Labute approximate surface area is 83.8 Å². The SMILES string of the molecule is O=C(O)c1sc2nccn2c1C1CC1. The zero-order chi connectivity index (χ0) is 9.71. The maximum atomic E-state index is 11.0. The Morgan fingerprint density at radius 3 is 3.07 bits per heavy atom. The van der Waals surface area contributed by atoms with Gasteiger partial charge in [0.05, 0.1) is 5.69 Å². The van der Waals surface area contributed by atoms with Crippen molar-refractivity contribution in [1.82, 2.24) is 9.38 Å². The fraction of sp³-hybridized carbons (Fsp3) is 0.333. The standard InChI is InChI=1S/C9H8N2O2S/c12-8(13)7-6(5-1-2-5)11-4-3-10-9(11)14-7/h3-5H,1-2H2,(H,12,13). The largest absolute Gasteiger partial charge is 0.477 e. The Balaban J connectivity index is 2.31. The van der Waals surface area contributed by atoms with E-state index in [1.807, 2.05) is 10.6 Å². The first-order valence-electron chi connectivity index (χ1n) is 4.46. The summed E-state index contributed by atoms with van der Waals surface area (Å²) < 4.78 is 1.91. The first-order valence-corrected chi connectivity index (χ1v) is 5.28. The van der Waals surface area contributed by atoms with Gasteiger partial charge in [0.2, 0.25) is 0 Å². The molecule has 0 saturated heterocycles. The minimum Gasteiger partial charge on any atom is -0.477 e. The molecule has 1 aliphatic carbocycles. The van der Waals surface area contributed by atoms with Crippen LogP contribution in [0.4, 0.5) is 0 Å². The smallest absolute Gasteiger partial charge is 0.347 e. The molecule has 1 fully saturated rings. The number of aromatic nitrogens is 2. The van der Waals surface area contributed by atoms with Crippen molar-refractivity contribution in [2.45, 2.75) is 18.8 Å². The molecule has 0 aliphatic heterocycles. The highest BCUT2D eigenvalue weighted by Crippen LogP contribution is 2.43. The molecule has 72 valence electrons. The van der Waals surface area contributed by atoms with E-state index >= 15 is 0 Å². The Kier molecular flexibility index (Phi) is 1.47. The van der Waals surface area contributed by atoms with Crippen LogP contribution in [0.3, 0.4) is 0 Å². The zero-order valence-electron chi connectivity index (χ0n) is 7.30. The van der Waals surface area contributed by atoms with Gasteiger partial charge < -0.3 is 5.11 Å². The molecule has 1 aliphatic rings. The monoisotopic (exact) mass is 208 g/mol. The lowest BCUT2D eigenvalue weighted by Crippen LogP contribution is -1.99. The van der Waals surface area contributed by atoms with Gasteiger partial charge in [0, 0.05) is 18.3 Å². The predicted octanol–water partition coefficient (Wildman–Crippen LogP) is 1.97. The van der Waals surface area contributed by atoms with E-state index in [-0.39, 0.29) is 0 Å². The summed E-state index contributed by atoms with van der Waals surface area (Å²) in [5.41, 5.74) is 0.940. The van der Waals surface area contributed by atoms with E-state index in [1.54, 1.807) is 6.20 Å². The van der Waals surface area contributed by atoms with Crippen LogP contribution < -0.4 is 0 Å². The van der Waals surface area contributed by atoms with Crippen LogP contribution in [-0.2, 0) is 0 Å². The van der Waals surface area contributed by atoms with Gasteiger partial charge in [-0.15, -0.1) is 0 Å². The van der Waals surface area contributed by atoms with Crippen molar-refractivity contribution in [1.29, 1.82) is 0 Å². The minimum atomic E-state index is -0.831. The van der Waals surface area contributed by atoms with Crippen molar-refractivity contribution >= 4 is 22.3 Å². The van der Waals surface area contributed by atoms with Gasteiger partial charge >= 0.3 is 5.97 Å². The third kappa shape index (κ3) is 0.988. The van der Waals surface area contributed by atoms with E-state index in [9.17, 15) is 4.79 Å². The minimum absolute atomic E-state index is 0.434. The first kappa shape index (κ1) is 7.99. The average Bonchev–Trinajstić information content (AvgIpc) is 2.76. The number of imidazole rings is 1. The number of nitrogens with zero attached hydrogens (tertiary/aromatic N) is 2. The first-order chi connectivity index (χ1) is 6.77. The molecule has 1 saturated carbocycles. The third-order valence-corrected chi connectivity index (χ3v) is 3.52. The quantitative estimate of drug-likeness (QED) is 0.820. The van der Waals surface area contributed by atoms with Gasteiger partial charge in [-0.2, -0.15) is 0 Å². The number of rotatable bonds is 2. The van der Waals surface area contributed by atoms with Crippen LogP contribution in [0.5, 0.6) is 0 Å². The van der Waals surface area contributed by atoms with Gasteiger partial charge in [-0.1, -0.05) is 11.3 Å². The summed E-state index contributed by atoms with van der Waals surface area (Å²) in [6.45, 7) is 0. The van der Waals surface area contributed by atoms with Gasteiger partial charge in [0.1, 0.15) is 4.88 Å². The average molecular weight is 208 g/mol. The normalized spacial score (nSPS) is 16.3. The van der Waals surface area contributed by atoms with E-state index in [2.05, 4.69) is 4.98 Å². The molecular weight excluding hydrogens is 200 g/mol. The fourth-order valence-corrected chi connectivity index (χ4v) is 2.70. The maximum Gasteiger partial charge on any atom is 0.347 e. The molecule has 0 atom stereocenters. The molecule has 0 spiro atoms. The number of hydrogen-bond donors (Lipinski definition) is 1. The summed E-state index contributed by atoms with van der Waals surface area (Å²) in [6, 6.07) is 0. The summed E-state index contributed by atoms with van der Waals surface area (Å²) in [4.78, 5) is 16.3. The topological polar surface area (TPSA) is 54.6 Å². The maximum absolute atomic E-state index is 11.0. The lowest BCUT2D eigenvalue weighted by molar-refractivity contribution is 0.0700. The van der Waals surface area contributed by atoms with Crippen molar-refractivity contribution < 1.29 is 9.90 Å². The molecule has 0 aromatic carbocycles. The number of fused-ring (bicyclic) bond motifs is 1. The van der Waals surface area contributed by atoms with Crippen LogP contribution in [0.25, 0.3) is 4.96 Å². The van der Waals surface area contributed by atoms with Crippen LogP contribution in [0.15, 0.2) is 12.4 Å². The molecule has 14 heavy (non-hydrogen) atoms. The molecule has 2 aromatic rings. The molecule has 2 aromatic heterocycles. The van der Waals surface area contributed by atoms with Gasteiger partial charge in [0.25, 0.3) is 0 Å². The second-order valence-corrected chi connectivity index (χ2v) is 4.45. The van der Waals surface area contributed by atoms with E-state index < -0.39 is 5.97 Å². The fourth-order valence-electron chi connectivity index (χ4n) is 1.69. The molecule has 4 nitrogen and oxygen atoms in total. The second-order valence-electron chi connectivity index (χ2n) is 3.48. The van der Waals surface area contributed by atoms with Crippen LogP contribution >= 0.6 is 11.3 Å². The molecular formula is C9H8N2O2S. The molecule has 0 bridgehead atoms. The highest BCUT2D eigenvalue weighted by atomic mass is 32.1. The van der Waals surface area contributed by atoms with Crippen molar-refractivity contribution in [2.75, 3.05) is 0 Å². The molecule has 2 heterocycles. The number of carboxylic acid groups (broad SMARTS) is 1. The number of hydrogen-bond acceptors (Lipinski definition) is 3. The third-order valence-electron chi connectivity index (χ3n) is 2.45. The molecule has 1 N–H and O–H groups in total. The Morgan fingerprint density at radius 2 is 2.43 bits per heavy atom. The summed E-state index contributed by atoms with van der Waals surface area (Å²) >= 11 is 1.26. The van der Waals surface area contributed by atoms with Gasteiger partial charge in [0.15, 0.2) is 4.96 Å². The Hall–Kier alpha value is -1.36. The lowest BCUT2D eigenvalue weighted by Gasteiger charge is -1.96. The highest BCUT2D eigenvalue weighted by Gasteiger charge is 2.32. The van der Waals surface area contributed by atoms with E-state index in [4.69, 9.17) is 5.11 Å². The Bertz CT molecular complexity index is 510. The summed E-state index contributed by atoms with van der Waals surface area (Å²) in [5.74, 6) is -0.397. The summed E-state index contributed by atoms with van der Waals surface area (Å²) in [7, 11) is 0. The Morgan fingerprint density at radius 1 is 1.64 bits per heavy atom. The highest BCUT2D eigenvalue weighted by molar-refractivity contribution is 7.19. The van der Waals surface area contributed by atoms with Crippen LogP contribution in [0.1, 0.15) is 34.1 Å². The molecule has 0 unspecified atom stereocenters. The van der Waals surface area contributed by atoms with E-state index in [0.717, 1.165) is 23.5 Å². The predicted molar refractivity (Wildman–Crippen MR) is 52.0 cm³/mol. The van der Waals surface area contributed by atoms with Crippen LogP contribution in [-0.4, -0.2) is 20.5 Å². The molecule has 3 rings (SSSR count). The van der Waals surface area contributed by atoms with Gasteiger partial charge in [-0.25, -0.2) is 9.78 Å². The van der Waals surface area contributed by atoms with Crippen LogP contribution in [0.2, 0.25) is 0 Å². The molecule has 0 radical (unpaired) electrons. The summed E-state index contributed by atoms with van der Waals surface area (Å²) in [5, 5.41) is 9.03. The molecule has 0 amide bonds. The van der Waals surface area contributed by atoms with E-state index in [1.165, 1.54) is 11.3 Å². The number of aromatic carboxylic acids is 1. The number of carbonyl (C=O) groups is 1. The van der Waals surface area contributed by atoms with Gasteiger partial charge in [-0.05, 0) is 12.8 Å². The van der Waals surface area contributed by atoms with Crippen LogP contribution in [0, 0.1) is 0 Å². The van der Waals surface area contributed by atoms with E-state index in [0.29, 0.717) is 10.8 Å². The molecule has 5 heteroatoms. The number of thiazole rings is 1. The van der Waals surface area contributed by atoms with Crippen molar-refractivity contribution in [2.24, 2.45) is 0 Å².